The van der Waals surface area contributed by atoms with Gasteiger partial charge in [0, 0.05) is 14.7 Å². The minimum atomic E-state index is -0.327. The van der Waals surface area contributed by atoms with E-state index in [1.165, 1.54) is 16.9 Å². The van der Waals surface area contributed by atoms with Crippen LogP contribution in [0.1, 0.15) is 34.7 Å². The number of thiazole rings is 1. The average molecular weight is 606 g/mol. The lowest BCUT2D eigenvalue weighted by Crippen LogP contribution is -2.39. The van der Waals surface area contributed by atoms with Crippen LogP contribution in [0.5, 0.6) is 11.5 Å². The Morgan fingerprint density at radius 1 is 1.03 bits per heavy atom. The van der Waals surface area contributed by atoms with Gasteiger partial charge in [-0.05, 0) is 82.5 Å². The average Bonchev–Trinajstić information content (AvgIpc) is 3.22. The van der Waals surface area contributed by atoms with Crippen molar-refractivity contribution in [3.8, 4) is 11.5 Å². The summed E-state index contributed by atoms with van der Waals surface area (Å²) in [5.74, 6) is 1.45. The zero-order valence-corrected chi connectivity index (χ0v) is 22.8. The highest BCUT2D eigenvalue weighted by Crippen LogP contribution is 2.44. The van der Waals surface area contributed by atoms with Gasteiger partial charge in [0.1, 0.15) is 11.5 Å². The van der Waals surface area contributed by atoms with Crippen molar-refractivity contribution in [2.45, 2.75) is 18.9 Å². The summed E-state index contributed by atoms with van der Waals surface area (Å²) in [6.45, 7) is 0. The van der Waals surface area contributed by atoms with Gasteiger partial charge in [0.05, 0.1) is 30.5 Å². The summed E-state index contributed by atoms with van der Waals surface area (Å²) < 4.78 is 15.0. The van der Waals surface area contributed by atoms with Gasteiger partial charge in [-0.15, -0.1) is 0 Å². The first kappa shape index (κ1) is 23.2. The number of aromatic nitrogens is 1. The molecular formula is C29H23IN2O3S. The zero-order chi connectivity index (χ0) is 24.8. The maximum atomic E-state index is 14.0. The third-order valence-corrected chi connectivity index (χ3v) is 8.76. The van der Waals surface area contributed by atoms with Gasteiger partial charge >= 0.3 is 0 Å². The smallest absolute Gasteiger partial charge is 0.271 e. The monoisotopic (exact) mass is 606 g/mol. The van der Waals surface area contributed by atoms with E-state index in [4.69, 9.17) is 14.5 Å². The molecule has 2 aliphatic rings. The number of methoxy groups -OCH3 is 2. The number of fused-ring (bicyclic) bond motifs is 3. The van der Waals surface area contributed by atoms with Crippen molar-refractivity contribution < 1.29 is 9.47 Å². The van der Waals surface area contributed by atoms with Crippen LogP contribution in [0.25, 0.3) is 11.8 Å². The van der Waals surface area contributed by atoms with E-state index in [1.54, 1.807) is 14.2 Å². The van der Waals surface area contributed by atoms with Crippen molar-refractivity contribution in [2.24, 2.45) is 4.99 Å². The molecule has 180 valence electrons. The summed E-state index contributed by atoms with van der Waals surface area (Å²) in [6.07, 6.45) is 3.70. The molecule has 0 amide bonds. The molecule has 1 atom stereocenters. The fraction of sp³-hybridized carbons (Fsp3) is 0.172. The van der Waals surface area contributed by atoms with Crippen LogP contribution in [0.2, 0.25) is 0 Å². The number of ether oxygens (including phenoxy) is 2. The molecule has 7 heteroatoms. The molecule has 36 heavy (non-hydrogen) atoms. The zero-order valence-electron chi connectivity index (χ0n) is 19.8. The highest BCUT2D eigenvalue weighted by Gasteiger charge is 2.34. The minimum Gasteiger partial charge on any atom is -0.497 e. The summed E-state index contributed by atoms with van der Waals surface area (Å²) >= 11 is 3.74. The molecular weight excluding hydrogens is 583 g/mol. The van der Waals surface area contributed by atoms with Gasteiger partial charge in [-0.25, -0.2) is 4.99 Å². The number of aryl methyl sites for hydroxylation is 1. The van der Waals surface area contributed by atoms with Crippen LogP contribution in [0.4, 0.5) is 0 Å². The molecule has 1 aliphatic carbocycles. The third kappa shape index (κ3) is 3.81. The first-order valence-corrected chi connectivity index (χ1v) is 13.6. The quantitative estimate of drug-likeness (QED) is 0.310. The number of hydrogen-bond donors (Lipinski definition) is 0. The van der Waals surface area contributed by atoms with Crippen molar-refractivity contribution >= 4 is 45.7 Å². The van der Waals surface area contributed by atoms with Crippen LogP contribution in [0.15, 0.2) is 82.1 Å². The molecule has 0 bridgehead atoms. The lowest BCUT2D eigenvalue weighted by Gasteiger charge is -2.31. The molecule has 5 nitrogen and oxygen atoms in total. The van der Waals surface area contributed by atoms with E-state index >= 15 is 0 Å². The van der Waals surface area contributed by atoms with Crippen LogP contribution < -0.4 is 24.4 Å². The molecule has 6 rings (SSSR count). The molecule has 1 aromatic heterocycles. The Balaban J connectivity index is 1.67. The fourth-order valence-electron chi connectivity index (χ4n) is 5.09. The lowest BCUT2D eigenvalue weighted by atomic mass is 9.83. The van der Waals surface area contributed by atoms with Crippen molar-refractivity contribution in [1.82, 2.24) is 4.57 Å². The highest BCUT2D eigenvalue weighted by molar-refractivity contribution is 14.1. The molecule has 1 unspecified atom stereocenters. The Kier molecular flexibility index (Phi) is 6.05. The maximum Gasteiger partial charge on any atom is 0.271 e. The summed E-state index contributed by atoms with van der Waals surface area (Å²) in [6, 6.07) is 21.9. The fourth-order valence-corrected chi connectivity index (χ4v) is 6.62. The largest absolute Gasteiger partial charge is 0.497 e. The first-order valence-electron chi connectivity index (χ1n) is 11.7. The number of hydrogen-bond acceptors (Lipinski definition) is 5. The van der Waals surface area contributed by atoms with Crippen molar-refractivity contribution in [3.63, 3.8) is 0 Å². The molecule has 0 N–H and O–H groups in total. The summed E-state index contributed by atoms with van der Waals surface area (Å²) in [5, 5.41) is 0. The molecule has 2 heterocycles. The lowest BCUT2D eigenvalue weighted by molar-refractivity contribution is 0.392. The van der Waals surface area contributed by atoms with Crippen LogP contribution in [0, 0.1) is 3.57 Å². The summed E-state index contributed by atoms with van der Waals surface area (Å²) in [4.78, 5) is 19.8. The molecule has 0 fully saturated rings. The topological polar surface area (TPSA) is 52.8 Å². The number of nitrogens with zero attached hydrogens (tertiary/aromatic N) is 2. The van der Waals surface area contributed by atoms with E-state index < -0.39 is 0 Å². The Bertz CT molecular complexity index is 1720. The number of rotatable bonds is 4. The van der Waals surface area contributed by atoms with Crippen LogP contribution in [0.3, 0.4) is 0 Å². The summed E-state index contributed by atoms with van der Waals surface area (Å²) in [5.41, 5.74) is 6.41. The molecule has 3 aromatic carbocycles. The Labute approximate surface area is 226 Å². The Morgan fingerprint density at radius 3 is 2.64 bits per heavy atom. The van der Waals surface area contributed by atoms with Gasteiger partial charge in [0.15, 0.2) is 4.80 Å². The number of benzene rings is 3. The van der Waals surface area contributed by atoms with Crippen LogP contribution in [-0.4, -0.2) is 18.8 Å². The molecule has 0 saturated carbocycles. The van der Waals surface area contributed by atoms with Gasteiger partial charge < -0.3 is 9.47 Å². The van der Waals surface area contributed by atoms with E-state index in [2.05, 4.69) is 46.9 Å². The molecule has 1 aliphatic heterocycles. The maximum absolute atomic E-state index is 14.0. The van der Waals surface area contributed by atoms with Crippen LogP contribution in [-0.2, 0) is 6.42 Å². The summed E-state index contributed by atoms with van der Waals surface area (Å²) in [7, 11) is 3.32. The molecule has 0 spiro atoms. The number of allylic oxidation sites excluding steroid dienone is 1. The van der Waals surface area contributed by atoms with E-state index in [1.807, 2.05) is 53.1 Å². The SMILES string of the molecule is COc1ccc(OC)c(C2C3=C(N=c4sc(=Cc5ccccc5I)c(=O)n42)c2ccccc2CC3)c1. The second-order valence-corrected chi connectivity index (χ2v) is 10.9. The molecule has 0 radical (unpaired) electrons. The predicted octanol–water partition coefficient (Wildman–Crippen LogP) is 4.94. The second kappa shape index (κ2) is 9.37. The highest BCUT2D eigenvalue weighted by atomic mass is 127. The van der Waals surface area contributed by atoms with Gasteiger partial charge in [-0.2, -0.15) is 0 Å². The van der Waals surface area contributed by atoms with Gasteiger partial charge in [0.2, 0.25) is 0 Å². The van der Waals surface area contributed by atoms with Crippen molar-refractivity contribution in [2.75, 3.05) is 14.2 Å². The van der Waals surface area contributed by atoms with Gasteiger partial charge in [-0.3, -0.25) is 9.36 Å². The number of halogens is 1. The van der Waals surface area contributed by atoms with Gasteiger partial charge in [-0.1, -0.05) is 53.8 Å². The normalized spacial score (nSPS) is 16.6. The van der Waals surface area contributed by atoms with E-state index in [0.717, 1.165) is 55.9 Å². The minimum absolute atomic E-state index is 0.0429. The van der Waals surface area contributed by atoms with E-state index in [-0.39, 0.29) is 11.6 Å². The van der Waals surface area contributed by atoms with E-state index in [9.17, 15) is 4.79 Å². The standard InChI is InChI=1S/C29H23IN2O3S/c1-34-19-12-14-24(35-2)22(16-19)27-21-13-11-17-7-3-5-9-20(17)26(21)31-29-32(27)28(33)25(36-29)15-18-8-4-6-10-23(18)30/h3-10,12,14-16,27H,11,13H2,1-2H3. The van der Waals surface area contributed by atoms with Crippen molar-refractivity contribution in [1.29, 1.82) is 0 Å². The predicted molar refractivity (Wildman–Crippen MR) is 151 cm³/mol. The first-order chi connectivity index (χ1) is 17.6. The van der Waals surface area contributed by atoms with Crippen molar-refractivity contribution in [3.05, 3.63) is 118 Å². The van der Waals surface area contributed by atoms with Crippen LogP contribution >= 0.6 is 33.9 Å². The Hall–Kier alpha value is -3.17. The van der Waals surface area contributed by atoms with Gasteiger partial charge in [0.25, 0.3) is 5.56 Å². The molecule has 4 aromatic rings. The molecule has 0 saturated heterocycles. The third-order valence-electron chi connectivity index (χ3n) is 6.80. The second-order valence-electron chi connectivity index (χ2n) is 8.74. The Morgan fingerprint density at radius 2 is 1.83 bits per heavy atom. The van der Waals surface area contributed by atoms with E-state index in [0.29, 0.717) is 9.33 Å².